The molecule has 0 saturated carbocycles. The summed E-state index contributed by atoms with van der Waals surface area (Å²) in [7, 11) is 0. The Balaban J connectivity index is 1.08. The van der Waals surface area contributed by atoms with Crippen molar-refractivity contribution in [1.82, 2.24) is 4.57 Å². The quantitative estimate of drug-likeness (QED) is 0.165. The number of aromatic nitrogens is 1. The van der Waals surface area contributed by atoms with Crippen LogP contribution in [0.5, 0.6) is 0 Å². The molecule has 3 nitrogen and oxygen atoms in total. The molecule has 14 rings (SSSR count). The van der Waals surface area contributed by atoms with E-state index in [1.54, 1.807) is 0 Å². The number of rotatable bonds is 6. The third kappa shape index (κ3) is 5.77. The van der Waals surface area contributed by atoms with Gasteiger partial charge in [-0.15, -0.1) is 0 Å². The van der Waals surface area contributed by atoms with Crippen LogP contribution in [0, 0.1) is 27.7 Å². The summed E-state index contributed by atoms with van der Waals surface area (Å²) in [6, 6.07) is 63.7. The molecule has 3 heteroatoms. The largest absolute Gasteiger partial charge is 0.310 e. The lowest BCUT2D eigenvalue weighted by Crippen LogP contribution is -2.33. The van der Waals surface area contributed by atoms with E-state index >= 15 is 0 Å². The zero-order chi connectivity index (χ0) is 50.4. The van der Waals surface area contributed by atoms with Gasteiger partial charge in [-0.2, -0.15) is 0 Å². The van der Waals surface area contributed by atoms with Crippen LogP contribution in [0.1, 0.15) is 122 Å². The predicted molar refractivity (Wildman–Crippen MR) is 308 cm³/mol. The van der Waals surface area contributed by atoms with Crippen molar-refractivity contribution < 1.29 is 0 Å². The Morgan fingerprint density at radius 1 is 0.288 bits per heavy atom. The second-order valence-corrected chi connectivity index (χ2v) is 24.1. The number of aryl methyl sites for hydroxylation is 4. The molecule has 73 heavy (non-hydrogen) atoms. The highest BCUT2D eigenvalue weighted by Crippen LogP contribution is 2.59. The van der Waals surface area contributed by atoms with Crippen molar-refractivity contribution in [3.63, 3.8) is 0 Å². The van der Waals surface area contributed by atoms with E-state index in [0.29, 0.717) is 0 Å². The lowest BCUT2D eigenvalue weighted by atomic mass is 9.68. The van der Waals surface area contributed by atoms with E-state index in [0.717, 1.165) is 17.1 Å². The summed E-state index contributed by atoms with van der Waals surface area (Å²) in [5.41, 5.74) is 31.6. The fourth-order valence-electron chi connectivity index (χ4n) is 14.1. The molecule has 0 radical (unpaired) electrons. The van der Waals surface area contributed by atoms with Gasteiger partial charge in [-0.05, 0) is 190 Å². The van der Waals surface area contributed by atoms with Gasteiger partial charge in [0.25, 0.3) is 0 Å². The highest BCUT2D eigenvalue weighted by molar-refractivity contribution is 6.16. The summed E-state index contributed by atoms with van der Waals surface area (Å²) in [6.45, 7) is 28.3. The molecule has 2 aliphatic carbocycles. The molecule has 0 spiro atoms. The fraction of sp³-hybridized carbons (Fsp3) is 0.229. The first-order chi connectivity index (χ1) is 34.9. The maximum Gasteiger partial charge on any atom is 0.0583 e. The Kier molecular flexibility index (Phi) is 8.78. The lowest BCUT2D eigenvalue weighted by molar-refractivity contribution is 0.593. The first-order valence-corrected chi connectivity index (χ1v) is 26.4. The van der Waals surface area contributed by atoms with Gasteiger partial charge in [0.1, 0.15) is 0 Å². The van der Waals surface area contributed by atoms with Crippen LogP contribution in [-0.4, -0.2) is 4.57 Å². The molecule has 0 bridgehead atoms. The molecule has 0 amide bonds. The highest BCUT2D eigenvalue weighted by atomic mass is 15.2. The zero-order valence-electron chi connectivity index (χ0n) is 44.4. The number of hydrogen-bond donors (Lipinski definition) is 0. The highest BCUT2D eigenvalue weighted by Gasteiger charge is 2.45. The molecule has 0 unspecified atom stereocenters. The van der Waals surface area contributed by atoms with Crippen LogP contribution < -0.4 is 9.80 Å². The Bertz CT molecular complexity index is 4090. The van der Waals surface area contributed by atoms with Gasteiger partial charge >= 0.3 is 0 Å². The van der Waals surface area contributed by atoms with Crippen LogP contribution in [0.15, 0.2) is 164 Å². The molecule has 1 aromatic heterocycles. The summed E-state index contributed by atoms with van der Waals surface area (Å²) in [5.74, 6) is 0. The number of benzene rings is 9. The molecule has 9 aromatic carbocycles. The number of hydrogen-bond acceptors (Lipinski definition) is 2. The van der Waals surface area contributed by atoms with Crippen LogP contribution in [0.3, 0.4) is 0 Å². The van der Waals surface area contributed by atoms with Crippen LogP contribution in [-0.2, 0) is 21.7 Å². The number of nitrogens with zero attached hydrogens (tertiary/aromatic N) is 3. The van der Waals surface area contributed by atoms with E-state index in [4.69, 9.17) is 0 Å². The van der Waals surface area contributed by atoms with E-state index in [1.807, 2.05) is 0 Å². The van der Waals surface area contributed by atoms with Gasteiger partial charge in [-0.25, -0.2) is 0 Å². The van der Waals surface area contributed by atoms with Gasteiger partial charge in [-0.1, -0.05) is 146 Å². The van der Waals surface area contributed by atoms with Crippen molar-refractivity contribution in [1.29, 1.82) is 0 Å². The van der Waals surface area contributed by atoms with Crippen LogP contribution in [0.25, 0.3) is 49.7 Å². The minimum Gasteiger partial charge on any atom is -0.310 e. The first-order valence-electron chi connectivity index (χ1n) is 26.4. The van der Waals surface area contributed by atoms with Crippen molar-refractivity contribution in [3.05, 3.63) is 231 Å². The summed E-state index contributed by atoms with van der Waals surface area (Å²) in [6.07, 6.45) is 0. The second kappa shape index (κ2) is 14.5. The van der Waals surface area contributed by atoms with Gasteiger partial charge in [-0.3, -0.25) is 0 Å². The van der Waals surface area contributed by atoms with Gasteiger partial charge in [0.05, 0.1) is 16.7 Å². The van der Waals surface area contributed by atoms with Crippen LogP contribution in [0.4, 0.5) is 34.1 Å². The zero-order valence-corrected chi connectivity index (χ0v) is 44.4. The SMILES string of the molecule is Cc1ccc(N(c2ccc3c(c2)-c2ccccc2C3(C)C)c2cc3c4c(c2)c2cc(N(c5ccc(C)c(C)c5)c5ccc6c(c5)C(C)(C)c5ccccc5-6)cc5c2n4-c2c(cccc2C5(C)C)C3(C)C)cc1C. The number of para-hydroxylation sites is 1. The van der Waals surface area contributed by atoms with Gasteiger partial charge < -0.3 is 14.4 Å². The Labute approximate surface area is 431 Å². The van der Waals surface area contributed by atoms with E-state index in [-0.39, 0.29) is 21.7 Å². The van der Waals surface area contributed by atoms with Crippen LogP contribution >= 0.6 is 0 Å². The van der Waals surface area contributed by atoms with Crippen molar-refractivity contribution >= 4 is 55.9 Å². The molecule has 0 atom stereocenters. The average molecular weight is 946 g/mol. The van der Waals surface area contributed by atoms with E-state index < -0.39 is 0 Å². The Morgan fingerprint density at radius 2 is 0.671 bits per heavy atom. The maximum atomic E-state index is 2.67. The van der Waals surface area contributed by atoms with Crippen molar-refractivity contribution in [2.45, 2.75) is 105 Å². The summed E-state index contributed by atoms with van der Waals surface area (Å²) in [4.78, 5) is 5.09. The third-order valence-electron chi connectivity index (χ3n) is 18.5. The van der Waals surface area contributed by atoms with E-state index in [1.165, 1.54) is 134 Å². The molecule has 4 aliphatic rings. The Hall–Kier alpha value is -7.62. The monoisotopic (exact) mass is 946 g/mol. The van der Waals surface area contributed by atoms with Gasteiger partial charge in [0, 0.05) is 66.6 Å². The summed E-state index contributed by atoms with van der Waals surface area (Å²) < 4.78 is 2.67. The standard InChI is InChI=1S/C70H63N3/c1-40-24-26-44(32-42(40)3)71(46-29-31-58-53(34-46)51-19-14-16-21-57(51)67(58,5)6)48-35-54-55-36-49(39-63-65(55)73-64(54)62(38-48)69(9,10)59-22-17-23-60(66(59)73)70(63,11)12)72(45-27-25-41(2)43(4)33-45)47-28-30-52-50-18-13-15-20-56(50)68(7,8)61(52)37-47/h13-39H,1-12H3. The first kappa shape index (κ1) is 44.1. The Morgan fingerprint density at radius 3 is 1.21 bits per heavy atom. The molecule has 10 aromatic rings. The minimum absolute atomic E-state index is 0.0848. The van der Waals surface area contributed by atoms with E-state index in [9.17, 15) is 0 Å². The predicted octanol–water partition coefficient (Wildman–Crippen LogP) is 18.8. The van der Waals surface area contributed by atoms with Crippen LogP contribution in [0.2, 0.25) is 0 Å². The average Bonchev–Trinajstić information content (AvgIpc) is 3.91. The molecule has 2 aliphatic heterocycles. The molecular weight excluding hydrogens is 883 g/mol. The van der Waals surface area contributed by atoms with Crippen molar-refractivity contribution in [3.8, 4) is 27.9 Å². The maximum absolute atomic E-state index is 2.67. The summed E-state index contributed by atoms with van der Waals surface area (Å²) in [5, 5.41) is 2.56. The molecule has 0 saturated heterocycles. The molecule has 0 N–H and O–H groups in total. The summed E-state index contributed by atoms with van der Waals surface area (Å²) >= 11 is 0. The molecular formula is C70H63N3. The number of anilines is 6. The molecule has 358 valence electrons. The topological polar surface area (TPSA) is 11.4 Å². The third-order valence-corrected chi connectivity index (χ3v) is 18.5. The smallest absolute Gasteiger partial charge is 0.0583 e. The lowest BCUT2D eigenvalue weighted by Gasteiger charge is -2.42. The fourth-order valence-corrected chi connectivity index (χ4v) is 14.1. The molecule has 3 heterocycles. The normalized spacial score (nSPS) is 16.1. The van der Waals surface area contributed by atoms with Crippen molar-refractivity contribution in [2.24, 2.45) is 0 Å². The molecule has 0 fully saturated rings. The minimum atomic E-state index is -0.295. The van der Waals surface area contributed by atoms with Gasteiger partial charge in [0.2, 0.25) is 0 Å². The number of fused-ring (bicyclic) bond motifs is 7. The van der Waals surface area contributed by atoms with Gasteiger partial charge in [0.15, 0.2) is 0 Å². The van der Waals surface area contributed by atoms with E-state index in [2.05, 4.69) is 261 Å². The second-order valence-electron chi connectivity index (χ2n) is 24.1. The van der Waals surface area contributed by atoms with Crippen molar-refractivity contribution in [2.75, 3.05) is 9.80 Å².